The van der Waals surface area contributed by atoms with Crippen LogP contribution in [-0.4, -0.2) is 26.2 Å². The fraction of sp³-hybridized carbons (Fsp3) is 0.833. The summed E-state index contributed by atoms with van der Waals surface area (Å²) in [4.78, 5) is 0. The first-order valence-electron chi connectivity index (χ1n) is 3.75. The van der Waals surface area contributed by atoms with Crippen LogP contribution in [-0.2, 0) is 5.41 Å². The highest BCUT2D eigenvalue weighted by Crippen LogP contribution is 2.65. The molecule has 0 spiro atoms. The monoisotopic (exact) mass is 151 g/mol. The zero-order valence-electron chi connectivity index (χ0n) is 6.04. The second kappa shape index (κ2) is 1.32. The zero-order chi connectivity index (χ0) is 7.53. The molecule has 3 fully saturated rings. The van der Waals surface area contributed by atoms with Crippen molar-refractivity contribution < 1.29 is 0 Å². The van der Waals surface area contributed by atoms with Gasteiger partial charge in [0.05, 0.1) is 0 Å². The molecule has 3 saturated carbocycles. The van der Waals surface area contributed by atoms with Crippen LogP contribution in [0, 0.1) is 0 Å². The third-order valence-corrected chi connectivity index (χ3v) is 2.89. The van der Waals surface area contributed by atoms with E-state index < -0.39 is 0 Å². The summed E-state index contributed by atoms with van der Waals surface area (Å²) in [5, 5.41) is 14.0. The first-order valence-corrected chi connectivity index (χ1v) is 3.75. The van der Waals surface area contributed by atoms with Crippen LogP contribution in [0.2, 0.25) is 0 Å². The molecule has 11 heavy (non-hydrogen) atoms. The Labute approximate surface area is 63.4 Å². The van der Waals surface area contributed by atoms with Crippen LogP contribution in [0.15, 0.2) is 0 Å². The van der Waals surface area contributed by atoms with Crippen molar-refractivity contribution in [2.24, 2.45) is 5.73 Å². The minimum atomic E-state index is 0.126. The van der Waals surface area contributed by atoms with Gasteiger partial charge in [0, 0.05) is 11.0 Å². The largest absolute Gasteiger partial charge is 0.325 e. The molecule has 1 heterocycles. The lowest BCUT2D eigenvalue weighted by molar-refractivity contribution is -0.0652. The van der Waals surface area contributed by atoms with Crippen LogP contribution in [0.4, 0.5) is 0 Å². The highest BCUT2D eigenvalue weighted by atomic mass is 15.5. The van der Waals surface area contributed by atoms with Gasteiger partial charge < -0.3 is 5.73 Å². The number of nitrogens with two attached hydrogens (primary N) is 1. The molecule has 0 aliphatic heterocycles. The van der Waals surface area contributed by atoms with Gasteiger partial charge in [0.15, 0.2) is 5.82 Å². The minimum Gasteiger partial charge on any atom is -0.325 e. The van der Waals surface area contributed by atoms with Crippen LogP contribution < -0.4 is 5.73 Å². The van der Waals surface area contributed by atoms with Crippen LogP contribution >= 0.6 is 0 Å². The van der Waals surface area contributed by atoms with E-state index in [4.69, 9.17) is 5.73 Å². The molecular weight excluding hydrogens is 142 g/mol. The zero-order valence-corrected chi connectivity index (χ0v) is 6.04. The second-order valence-corrected chi connectivity index (χ2v) is 3.91. The van der Waals surface area contributed by atoms with Crippen molar-refractivity contribution in [2.75, 3.05) is 0 Å². The predicted octanol–water partition coefficient (Wildman–Crippen LogP) is -0.668. The van der Waals surface area contributed by atoms with Gasteiger partial charge in [0.25, 0.3) is 0 Å². The first-order chi connectivity index (χ1) is 5.23. The van der Waals surface area contributed by atoms with Crippen molar-refractivity contribution in [1.29, 1.82) is 0 Å². The van der Waals surface area contributed by atoms with Gasteiger partial charge in [-0.1, -0.05) is 5.21 Å². The Balaban J connectivity index is 1.94. The predicted molar refractivity (Wildman–Crippen MR) is 36.6 cm³/mol. The Kier molecular flexibility index (Phi) is 0.676. The molecule has 3 N–H and O–H groups in total. The summed E-state index contributed by atoms with van der Waals surface area (Å²) >= 11 is 0. The minimum absolute atomic E-state index is 0.126. The molecule has 4 rings (SSSR count). The number of aromatic nitrogens is 4. The first kappa shape index (κ1) is 5.65. The molecule has 0 saturated heterocycles. The molecule has 1 aromatic heterocycles. The van der Waals surface area contributed by atoms with Crippen molar-refractivity contribution in [2.45, 2.75) is 30.2 Å². The van der Waals surface area contributed by atoms with Crippen LogP contribution in [0.1, 0.15) is 25.1 Å². The number of tetrazole rings is 1. The van der Waals surface area contributed by atoms with Crippen LogP contribution in [0.3, 0.4) is 0 Å². The molecule has 0 amide bonds. The van der Waals surface area contributed by atoms with E-state index in [1.165, 1.54) is 0 Å². The molecule has 3 aliphatic rings. The number of nitrogens with zero attached hydrogens (tertiary/aromatic N) is 3. The smallest absolute Gasteiger partial charge is 0.180 e. The quantitative estimate of drug-likeness (QED) is 0.558. The lowest BCUT2D eigenvalue weighted by atomic mass is 9.39. The van der Waals surface area contributed by atoms with Gasteiger partial charge in [-0.2, -0.15) is 5.21 Å². The van der Waals surface area contributed by atoms with Crippen molar-refractivity contribution in [3.63, 3.8) is 0 Å². The van der Waals surface area contributed by atoms with Crippen molar-refractivity contribution in [3.8, 4) is 0 Å². The summed E-state index contributed by atoms with van der Waals surface area (Å²) in [6, 6.07) is 0. The van der Waals surface area contributed by atoms with Gasteiger partial charge in [-0.15, -0.1) is 10.2 Å². The number of nitrogens with one attached hydrogen (secondary N) is 1. The maximum absolute atomic E-state index is 5.89. The van der Waals surface area contributed by atoms with Crippen molar-refractivity contribution in [1.82, 2.24) is 20.6 Å². The molecule has 5 nitrogen and oxygen atoms in total. The fourth-order valence-corrected chi connectivity index (χ4v) is 2.49. The van der Waals surface area contributed by atoms with E-state index in [0.717, 1.165) is 25.1 Å². The molecular formula is C6H9N5. The topological polar surface area (TPSA) is 80.5 Å². The van der Waals surface area contributed by atoms with Gasteiger partial charge in [0.1, 0.15) is 0 Å². The molecule has 5 heteroatoms. The fourth-order valence-electron chi connectivity index (χ4n) is 2.49. The summed E-state index contributed by atoms with van der Waals surface area (Å²) in [6.45, 7) is 0. The number of hydrogen-bond donors (Lipinski definition) is 2. The average Bonchev–Trinajstić information content (AvgIpc) is 2.28. The van der Waals surface area contributed by atoms with E-state index in [1.54, 1.807) is 0 Å². The normalized spacial score (nSPS) is 46.3. The maximum Gasteiger partial charge on any atom is 0.180 e. The molecule has 0 atom stereocenters. The number of rotatable bonds is 1. The SMILES string of the molecule is NC12CC(c3nn[nH]n3)(C1)C2. The lowest BCUT2D eigenvalue weighted by Crippen LogP contribution is -2.74. The Hall–Kier alpha value is -0.970. The van der Waals surface area contributed by atoms with Gasteiger partial charge in [-0.25, -0.2) is 0 Å². The summed E-state index contributed by atoms with van der Waals surface area (Å²) < 4.78 is 0. The summed E-state index contributed by atoms with van der Waals surface area (Å²) in [6.07, 6.45) is 3.12. The Bertz CT molecular complexity index is 270. The summed E-state index contributed by atoms with van der Waals surface area (Å²) in [5.74, 6) is 0.852. The van der Waals surface area contributed by atoms with E-state index in [0.29, 0.717) is 0 Å². The third-order valence-electron chi connectivity index (χ3n) is 2.89. The molecule has 0 radical (unpaired) electrons. The van der Waals surface area contributed by atoms with E-state index in [9.17, 15) is 0 Å². The highest BCUT2D eigenvalue weighted by Gasteiger charge is 2.68. The van der Waals surface area contributed by atoms with Crippen LogP contribution in [0.25, 0.3) is 0 Å². The average molecular weight is 151 g/mol. The second-order valence-electron chi connectivity index (χ2n) is 3.91. The van der Waals surface area contributed by atoms with Crippen molar-refractivity contribution in [3.05, 3.63) is 5.82 Å². The molecule has 0 unspecified atom stereocenters. The molecule has 0 aromatic carbocycles. The molecule has 2 bridgehead atoms. The molecule has 58 valence electrons. The van der Waals surface area contributed by atoms with Crippen LogP contribution in [0.5, 0.6) is 0 Å². The van der Waals surface area contributed by atoms with Gasteiger partial charge >= 0.3 is 0 Å². The summed E-state index contributed by atoms with van der Waals surface area (Å²) in [5.41, 5.74) is 6.23. The molecule has 3 aliphatic carbocycles. The number of H-pyrrole nitrogens is 1. The maximum atomic E-state index is 5.89. The highest BCUT2D eigenvalue weighted by molar-refractivity contribution is 5.33. The summed E-state index contributed by atoms with van der Waals surface area (Å²) in [7, 11) is 0. The van der Waals surface area contributed by atoms with Gasteiger partial charge in [0.2, 0.25) is 0 Å². The Morgan fingerprint density at radius 2 is 2.09 bits per heavy atom. The standard InChI is InChI=1S/C6H9N5/c7-6-1-5(2-6,3-6)4-8-10-11-9-4/h1-3,7H2,(H,8,9,10,11). The Morgan fingerprint density at radius 3 is 2.55 bits per heavy atom. The molecule has 1 aromatic rings. The van der Waals surface area contributed by atoms with Crippen molar-refractivity contribution >= 4 is 0 Å². The van der Waals surface area contributed by atoms with Gasteiger partial charge in [-0.05, 0) is 19.3 Å². The number of aromatic amines is 1. The van der Waals surface area contributed by atoms with E-state index >= 15 is 0 Å². The van der Waals surface area contributed by atoms with Gasteiger partial charge in [-0.3, -0.25) is 0 Å². The third kappa shape index (κ3) is 0.495. The lowest BCUT2D eigenvalue weighted by Gasteiger charge is -2.67. The van der Waals surface area contributed by atoms with E-state index in [1.807, 2.05) is 0 Å². The number of hydrogen-bond acceptors (Lipinski definition) is 4. The van der Waals surface area contributed by atoms with E-state index in [-0.39, 0.29) is 11.0 Å². The van der Waals surface area contributed by atoms with E-state index in [2.05, 4.69) is 20.6 Å². The Morgan fingerprint density at radius 1 is 1.36 bits per heavy atom.